The number of carbonyl (C=O) groups excluding carboxylic acids is 1. The lowest BCUT2D eigenvalue weighted by Crippen LogP contribution is -2.50. The van der Waals surface area contributed by atoms with E-state index < -0.39 is 12.1 Å². The number of hydrazone groups is 1. The number of aromatic nitrogens is 3. The Balaban J connectivity index is 1.36. The highest BCUT2D eigenvalue weighted by Crippen LogP contribution is 2.37. The van der Waals surface area contributed by atoms with Gasteiger partial charge in [0.25, 0.3) is 12.1 Å². The fourth-order valence-corrected chi connectivity index (χ4v) is 5.84. The van der Waals surface area contributed by atoms with Gasteiger partial charge in [0, 0.05) is 59.8 Å². The van der Waals surface area contributed by atoms with Gasteiger partial charge in [-0.1, -0.05) is 13.8 Å². The number of carbonyl (C=O) groups is 1. The Labute approximate surface area is 222 Å². The minimum Gasteiger partial charge on any atom is -0.441 e. The van der Waals surface area contributed by atoms with Crippen molar-refractivity contribution in [1.29, 1.82) is 0 Å². The lowest BCUT2D eigenvalue weighted by Gasteiger charge is -2.38. The quantitative estimate of drug-likeness (QED) is 0.400. The summed E-state index contributed by atoms with van der Waals surface area (Å²) in [6.45, 7) is 10.8. The van der Waals surface area contributed by atoms with E-state index in [-0.39, 0.29) is 12.0 Å². The van der Waals surface area contributed by atoms with Gasteiger partial charge in [-0.2, -0.15) is 0 Å². The highest BCUT2D eigenvalue weighted by atomic mass is 16.5. The monoisotopic (exact) mass is 513 g/mol. The summed E-state index contributed by atoms with van der Waals surface area (Å²) in [4.78, 5) is 22.8. The van der Waals surface area contributed by atoms with Crippen molar-refractivity contribution in [3.63, 3.8) is 0 Å². The second kappa shape index (κ2) is 9.47. The van der Waals surface area contributed by atoms with E-state index in [1.807, 2.05) is 22.7 Å². The summed E-state index contributed by atoms with van der Waals surface area (Å²) in [6.07, 6.45) is 6.81. The highest BCUT2D eigenvalue weighted by Gasteiger charge is 2.39. The van der Waals surface area contributed by atoms with Crippen LogP contribution < -0.4 is 5.73 Å². The lowest BCUT2D eigenvalue weighted by molar-refractivity contribution is -0.134. The van der Waals surface area contributed by atoms with Crippen LogP contribution in [0.2, 0.25) is 0 Å². The zero-order chi connectivity index (χ0) is 26.6. The number of primary amides is 1. The van der Waals surface area contributed by atoms with E-state index in [9.17, 15) is 4.79 Å². The SMILES string of the molecule is CC(C)c1c(-c2ccc3nccn3c2)[nH]c2ccc(C3=NN(C4CCN(C(C)C)CC4)C(C(N)=O)O3)cc12. The van der Waals surface area contributed by atoms with Gasteiger partial charge in [-0.15, -0.1) is 5.10 Å². The van der Waals surface area contributed by atoms with Crippen LogP contribution in [0.3, 0.4) is 0 Å². The van der Waals surface area contributed by atoms with E-state index in [4.69, 9.17) is 15.6 Å². The maximum atomic E-state index is 12.4. The molecule has 9 nitrogen and oxygen atoms in total. The summed E-state index contributed by atoms with van der Waals surface area (Å²) < 4.78 is 8.13. The van der Waals surface area contributed by atoms with Gasteiger partial charge in [0.1, 0.15) is 5.65 Å². The van der Waals surface area contributed by atoms with Crippen molar-refractivity contribution in [2.24, 2.45) is 10.8 Å². The summed E-state index contributed by atoms with van der Waals surface area (Å²) in [7, 11) is 0. The minimum atomic E-state index is -0.885. The second-order valence-corrected chi connectivity index (χ2v) is 11.0. The van der Waals surface area contributed by atoms with Gasteiger partial charge in [0.05, 0.1) is 11.7 Å². The maximum absolute atomic E-state index is 12.4. The number of amides is 1. The number of nitrogens with two attached hydrogens (primary N) is 1. The van der Waals surface area contributed by atoms with Crippen molar-refractivity contribution in [1.82, 2.24) is 24.3 Å². The van der Waals surface area contributed by atoms with E-state index in [1.165, 1.54) is 5.56 Å². The molecule has 1 unspecified atom stereocenters. The molecule has 1 aromatic carbocycles. The number of fused-ring (bicyclic) bond motifs is 2. The molecule has 3 aromatic heterocycles. The van der Waals surface area contributed by atoms with Crippen LogP contribution in [0.15, 0.2) is 54.0 Å². The number of ether oxygens (including phenoxy) is 1. The van der Waals surface area contributed by atoms with Crippen LogP contribution in [-0.4, -0.2) is 67.5 Å². The first-order valence-corrected chi connectivity index (χ1v) is 13.5. The summed E-state index contributed by atoms with van der Waals surface area (Å²) in [6, 6.07) is 10.9. The van der Waals surface area contributed by atoms with Gasteiger partial charge in [0.2, 0.25) is 5.90 Å². The van der Waals surface area contributed by atoms with Crippen LogP contribution in [0.4, 0.5) is 0 Å². The molecule has 0 spiro atoms. The largest absolute Gasteiger partial charge is 0.441 e. The Hall–Kier alpha value is -3.85. The van der Waals surface area contributed by atoms with E-state index in [0.717, 1.165) is 59.3 Å². The number of H-pyrrole nitrogens is 1. The normalized spacial score (nSPS) is 19.2. The van der Waals surface area contributed by atoms with Crippen molar-refractivity contribution in [2.45, 2.75) is 64.8 Å². The smallest absolute Gasteiger partial charge is 0.281 e. The van der Waals surface area contributed by atoms with E-state index in [2.05, 4.69) is 67.0 Å². The number of aromatic amines is 1. The molecule has 0 saturated carbocycles. The molecule has 1 atom stereocenters. The van der Waals surface area contributed by atoms with Crippen molar-refractivity contribution in [3.8, 4) is 11.3 Å². The molecule has 1 saturated heterocycles. The van der Waals surface area contributed by atoms with Crippen molar-refractivity contribution in [3.05, 3.63) is 60.0 Å². The van der Waals surface area contributed by atoms with Crippen molar-refractivity contribution >= 4 is 28.4 Å². The van der Waals surface area contributed by atoms with Crippen LogP contribution in [0.1, 0.15) is 57.6 Å². The number of likely N-dealkylation sites (tertiary alicyclic amines) is 1. The first-order valence-electron chi connectivity index (χ1n) is 13.5. The Bertz CT molecular complexity index is 1520. The standard InChI is InChI=1S/C29H35N7O2/c1-17(2)25-22-15-19(5-7-23(22)32-26(25)20-6-8-24-31-11-14-35(24)16-20)28-33-36(29(38-28)27(30)37)21-9-12-34(13-10-21)18(3)4/h5-8,11,14-18,21,29,32H,9-10,12-13H2,1-4H3,(H2,30,37). The first-order chi connectivity index (χ1) is 18.3. The molecule has 5 heterocycles. The third-order valence-electron chi connectivity index (χ3n) is 7.86. The van der Waals surface area contributed by atoms with E-state index in [0.29, 0.717) is 11.9 Å². The van der Waals surface area contributed by atoms with Gasteiger partial charge >= 0.3 is 0 Å². The van der Waals surface area contributed by atoms with Gasteiger partial charge in [-0.3, -0.25) is 4.79 Å². The molecule has 1 amide bonds. The molecule has 0 aliphatic carbocycles. The molecule has 6 rings (SSSR count). The molecule has 0 radical (unpaired) electrons. The number of hydrogen-bond acceptors (Lipinski definition) is 6. The Morgan fingerprint density at radius 1 is 1.11 bits per heavy atom. The molecule has 3 N–H and O–H groups in total. The zero-order valence-corrected chi connectivity index (χ0v) is 22.4. The number of piperidine rings is 1. The Kier molecular flexibility index (Phi) is 6.10. The molecule has 2 aliphatic heterocycles. The Morgan fingerprint density at radius 2 is 1.87 bits per heavy atom. The molecular weight excluding hydrogens is 478 g/mol. The second-order valence-electron chi connectivity index (χ2n) is 11.0. The number of nitrogens with zero attached hydrogens (tertiary/aromatic N) is 5. The molecule has 198 valence electrons. The van der Waals surface area contributed by atoms with Crippen molar-refractivity contribution in [2.75, 3.05) is 13.1 Å². The van der Waals surface area contributed by atoms with Crippen LogP contribution >= 0.6 is 0 Å². The third kappa shape index (κ3) is 4.20. The van der Waals surface area contributed by atoms with Gasteiger partial charge in [0.15, 0.2) is 0 Å². The predicted molar refractivity (Wildman–Crippen MR) is 149 cm³/mol. The predicted octanol–water partition coefficient (Wildman–Crippen LogP) is 4.28. The number of nitrogens with one attached hydrogen (secondary N) is 1. The average Bonchev–Trinajstić information content (AvgIpc) is 3.64. The fourth-order valence-electron chi connectivity index (χ4n) is 5.84. The average molecular weight is 514 g/mol. The van der Waals surface area contributed by atoms with Crippen LogP contribution in [0, 0.1) is 0 Å². The van der Waals surface area contributed by atoms with Gasteiger partial charge in [-0.25, -0.2) is 9.99 Å². The fraction of sp³-hybridized carbons (Fsp3) is 0.414. The zero-order valence-electron chi connectivity index (χ0n) is 22.4. The van der Waals surface area contributed by atoms with Crippen molar-refractivity contribution < 1.29 is 9.53 Å². The molecule has 0 bridgehead atoms. The first kappa shape index (κ1) is 24.5. The Morgan fingerprint density at radius 3 is 2.58 bits per heavy atom. The van der Waals surface area contributed by atoms with Crippen LogP contribution in [0.25, 0.3) is 27.8 Å². The minimum absolute atomic E-state index is 0.118. The summed E-state index contributed by atoms with van der Waals surface area (Å²) in [5.41, 5.74) is 12.0. The van der Waals surface area contributed by atoms with E-state index >= 15 is 0 Å². The molecule has 38 heavy (non-hydrogen) atoms. The molecule has 1 fully saturated rings. The lowest BCUT2D eigenvalue weighted by atomic mass is 9.96. The van der Waals surface area contributed by atoms with Crippen LogP contribution in [0.5, 0.6) is 0 Å². The summed E-state index contributed by atoms with van der Waals surface area (Å²) in [5, 5.41) is 7.73. The van der Waals surface area contributed by atoms with Crippen LogP contribution in [-0.2, 0) is 9.53 Å². The molecule has 9 heteroatoms. The topological polar surface area (TPSA) is 104 Å². The summed E-state index contributed by atoms with van der Waals surface area (Å²) >= 11 is 0. The molecular formula is C29H35N7O2. The van der Waals surface area contributed by atoms with Gasteiger partial charge < -0.3 is 24.8 Å². The third-order valence-corrected chi connectivity index (χ3v) is 7.86. The molecule has 2 aliphatic rings. The number of hydrogen-bond donors (Lipinski definition) is 2. The highest BCUT2D eigenvalue weighted by molar-refractivity contribution is 6.02. The van der Waals surface area contributed by atoms with Gasteiger partial charge in [-0.05, 0) is 68.5 Å². The van der Waals surface area contributed by atoms with E-state index in [1.54, 1.807) is 11.2 Å². The maximum Gasteiger partial charge on any atom is 0.281 e. The number of imidazole rings is 1. The number of pyridine rings is 1. The summed E-state index contributed by atoms with van der Waals surface area (Å²) in [5.74, 6) is 0.206. The number of benzene rings is 1. The molecule has 4 aromatic rings. The number of rotatable bonds is 6.